The van der Waals surface area contributed by atoms with Gasteiger partial charge in [0.15, 0.2) is 5.82 Å². The van der Waals surface area contributed by atoms with Gasteiger partial charge in [-0.3, -0.25) is 4.98 Å². The van der Waals surface area contributed by atoms with Crippen molar-refractivity contribution in [1.82, 2.24) is 9.97 Å². The topological polar surface area (TPSA) is 55.0 Å². The van der Waals surface area contributed by atoms with Gasteiger partial charge in [-0.1, -0.05) is 17.7 Å². The van der Waals surface area contributed by atoms with Crippen LogP contribution in [0.25, 0.3) is 0 Å². The van der Waals surface area contributed by atoms with Gasteiger partial charge in [0.05, 0.1) is 12.4 Å². The minimum absolute atomic E-state index is 0.438. The molecule has 88 valence electrons. The van der Waals surface area contributed by atoms with Crippen molar-refractivity contribution in [3.05, 3.63) is 42.2 Å². The van der Waals surface area contributed by atoms with Gasteiger partial charge in [-0.2, -0.15) is 0 Å². The molecule has 0 fully saturated rings. The van der Waals surface area contributed by atoms with Crippen LogP contribution in [0.4, 0.5) is 17.3 Å². The lowest BCUT2D eigenvalue weighted by Gasteiger charge is -2.21. The molecule has 0 amide bonds. The first kappa shape index (κ1) is 11.4. The fourth-order valence-electron chi connectivity index (χ4n) is 1.70. The second kappa shape index (κ2) is 4.82. The van der Waals surface area contributed by atoms with Crippen LogP contribution in [0.3, 0.4) is 0 Å². The van der Waals surface area contributed by atoms with Gasteiger partial charge in [0.25, 0.3) is 0 Å². The van der Waals surface area contributed by atoms with E-state index in [1.807, 2.05) is 0 Å². The van der Waals surface area contributed by atoms with Crippen molar-refractivity contribution in [2.75, 3.05) is 17.2 Å². The molecule has 0 spiro atoms. The second-order valence-electron chi connectivity index (χ2n) is 3.88. The summed E-state index contributed by atoms with van der Waals surface area (Å²) in [7, 11) is 0. The number of hydrogen-bond acceptors (Lipinski definition) is 4. The molecular weight excluding hydrogens is 212 g/mol. The normalized spacial score (nSPS) is 10.2. The van der Waals surface area contributed by atoms with Crippen LogP contribution in [-0.4, -0.2) is 16.5 Å². The molecule has 0 aliphatic heterocycles. The molecule has 0 radical (unpaired) electrons. The third kappa shape index (κ3) is 2.53. The van der Waals surface area contributed by atoms with Crippen molar-refractivity contribution >= 4 is 17.3 Å². The molecule has 0 aliphatic rings. The summed E-state index contributed by atoms with van der Waals surface area (Å²) in [5.74, 6) is 1.21. The molecule has 0 unspecified atom stereocenters. The van der Waals surface area contributed by atoms with Crippen LogP contribution in [0.2, 0.25) is 0 Å². The molecule has 4 nitrogen and oxygen atoms in total. The SMILES string of the molecule is CCN(c1ccc(C)cc1)c1cncc(N)n1. The summed E-state index contributed by atoms with van der Waals surface area (Å²) in [5, 5.41) is 0. The lowest BCUT2D eigenvalue weighted by Crippen LogP contribution is -2.18. The Labute approximate surface area is 101 Å². The zero-order chi connectivity index (χ0) is 12.3. The number of aryl methyl sites for hydroxylation is 1. The average Bonchev–Trinajstić information content (AvgIpc) is 2.33. The Bertz CT molecular complexity index is 493. The van der Waals surface area contributed by atoms with Crippen LogP contribution in [0, 0.1) is 6.92 Å². The predicted molar refractivity (Wildman–Crippen MR) is 70.3 cm³/mol. The Kier molecular flexibility index (Phi) is 3.23. The summed E-state index contributed by atoms with van der Waals surface area (Å²) in [5.41, 5.74) is 7.99. The summed E-state index contributed by atoms with van der Waals surface area (Å²) < 4.78 is 0. The van der Waals surface area contributed by atoms with E-state index in [2.05, 4.69) is 53.0 Å². The third-order valence-electron chi connectivity index (χ3n) is 2.58. The first-order valence-corrected chi connectivity index (χ1v) is 5.62. The smallest absolute Gasteiger partial charge is 0.153 e. The average molecular weight is 228 g/mol. The molecule has 2 aromatic rings. The van der Waals surface area contributed by atoms with E-state index in [9.17, 15) is 0 Å². The van der Waals surface area contributed by atoms with Crippen LogP contribution in [0.15, 0.2) is 36.7 Å². The number of nitrogen functional groups attached to an aromatic ring is 1. The van der Waals surface area contributed by atoms with Crippen LogP contribution in [-0.2, 0) is 0 Å². The molecule has 0 atom stereocenters. The standard InChI is InChI=1S/C13H16N4/c1-3-17(11-6-4-10(2)5-7-11)13-9-15-8-12(14)16-13/h4-9H,3H2,1-2H3,(H2,14,16). The monoisotopic (exact) mass is 228 g/mol. The summed E-state index contributed by atoms with van der Waals surface area (Å²) in [6.45, 7) is 4.96. The molecule has 0 saturated heterocycles. The van der Waals surface area contributed by atoms with Gasteiger partial charge in [0, 0.05) is 12.2 Å². The zero-order valence-corrected chi connectivity index (χ0v) is 10.1. The van der Waals surface area contributed by atoms with E-state index in [4.69, 9.17) is 5.73 Å². The number of rotatable bonds is 3. The summed E-state index contributed by atoms with van der Waals surface area (Å²) >= 11 is 0. The lowest BCUT2D eigenvalue weighted by molar-refractivity contribution is 0.978. The summed E-state index contributed by atoms with van der Waals surface area (Å²) in [6, 6.07) is 8.31. The number of anilines is 3. The molecule has 4 heteroatoms. The zero-order valence-electron chi connectivity index (χ0n) is 10.1. The highest BCUT2D eigenvalue weighted by Gasteiger charge is 2.08. The minimum Gasteiger partial charge on any atom is -0.382 e. The van der Waals surface area contributed by atoms with Crippen LogP contribution in [0.5, 0.6) is 0 Å². The van der Waals surface area contributed by atoms with Crippen LogP contribution < -0.4 is 10.6 Å². The van der Waals surface area contributed by atoms with Crippen LogP contribution in [0.1, 0.15) is 12.5 Å². The Balaban J connectivity index is 2.36. The molecule has 1 heterocycles. The fourth-order valence-corrected chi connectivity index (χ4v) is 1.70. The van der Waals surface area contributed by atoms with Gasteiger partial charge < -0.3 is 10.6 Å². The van der Waals surface area contributed by atoms with E-state index in [-0.39, 0.29) is 0 Å². The number of aromatic nitrogens is 2. The van der Waals surface area contributed by atoms with Gasteiger partial charge in [0.1, 0.15) is 5.82 Å². The van der Waals surface area contributed by atoms with Crippen molar-refractivity contribution in [2.45, 2.75) is 13.8 Å². The van der Waals surface area contributed by atoms with E-state index in [0.717, 1.165) is 18.1 Å². The third-order valence-corrected chi connectivity index (χ3v) is 2.58. The van der Waals surface area contributed by atoms with Gasteiger partial charge in [-0.15, -0.1) is 0 Å². The number of nitrogens with zero attached hydrogens (tertiary/aromatic N) is 3. The molecule has 1 aromatic carbocycles. The minimum atomic E-state index is 0.438. The Morgan fingerprint density at radius 2 is 1.88 bits per heavy atom. The van der Waals surface area contributed by atoms with Gasteiger partial charge in [0.2, 0.25) is 0 Å². The summed E-state index contributed by atoms with van der Waals surface area (Å²) in [6.07, 6.45) is 3.27. The molecule has 17 heavy (non-hydrogen) atoms. The Morgan fingerprint density at radius 1 is 1.18 bits per heavy atom. The van der Waals surface area contributed by atoms with E-state index in [1.165, 1.54) is 5.56 Å². The van der Waals surface area contributed by atoms with Gasteiger partial charge in [-0.05, 0) is 26.0 Å². The van der Waals surface area contributed by atoms with Crippen molar-refractivity contribution in [1.29, 1.82) is 0 Å². The van der Waals surface area contributed by atoms with Crippen molar-refractivity contribution in [3.8, 4) is 0 Å². The van der Waals surface area contributed by atoms with Gasteiger partial charge in [-0.25, -0.2) is 4.98 Å². The van der Waals surface area contributed by atoms with Crippen LogP contribution >= 0.6 is 0 Å². The first-order valence-electron chi connectivity index (χ1n) is 5.62. The maximum Gasteiger partial charge on any atom is 0.153 e. The number of hydrogen-bond donors (Lipinski definition) is 1. The molecule has 2 rings (SSSR count). The second-order valence-corrected chi connectivity index (χ2v) is 3.88. The molecule has 1 aromatic heterocycles. The summed E-state index contributed by atoms with van der Waals surface area (Å²) in [4.78, 5) is 10.4. The number of benzene rings is 1. The maximum absolute atomic E-state index is 5.65. The quantitative estimate of drug-likeness (QED) is 0.877. The van der Waals surface area contributed by atoms with Crippen molar-refractivity contribution in [3.63, 3.8) is 0 Å². The molecular formula is C13H16N4. The largest absolute Gasteiger partial charge is 0.382 e. The highest BCUT2D eigenvalue weighted by Crippen LogP contribution is 2.23. The van der Waals surface area contributed by atoms with E-state index in [1.54, 1.807) is 12.4 Å². The van der Waals surface area contributed by atoms with Gasteiger partial charge >= 0.3 is 0 Å². The molecule has 0 saturated carbocycles. The predicted octanol–water partition coefficient (Wildman–Crippen LogP) is 2.53. The van der Waals surface area contributed by atoms with E-state index < -0.39 is 0 Å². The Hall–Kier alpha value is -2.10. The number of nitrogens with two attached hydrogens (primary N) is 1. The van der Waals surface area contributed by atoms with Crippen molar-refractivity contribution in [2.24, 2.45) is 0 Å². The van der Waals surface area contributed by atoms with Crippen molar-refractivity contribution < 1.29 is 0 Å². The first-order chi connectivity index (χ1) is 8.20. The highest BCUT2D eigenvalue weighted by molar-refractivity contribution is 5.60. The van der Waals surface area contributed by atoms with E-state index in [0.29, 0.717) is 5.82 Å². The highest BCUT2D eigenvalue weighted by atomic mass is 15.2. The van der Waals surface area contributed by atoms with E-state index >= 15 is 0 Å². The maximum atomic E-state index is 5.65. The Morgan fingerprint density at radius 3 is 2.47 bits per heavy atom. The molecule has 0 aliphatic carbocycles. The lowest BCUT2D eigenvalue weighted by atomic mass is 10.2. The molecule has 2 N–H and O–H groups in total. The fraction of sp³-hybridized carbons (Fsp3) is 0.231. The molecule has 0 bridgehead atoms.